The van der Waals surface area contributed by atoms with E-state index in [1.807, 2.05) is 0 Å². The molecule has 0 bridgehead atoms. The highest BCUT2D eigenvalue weighted by molar-refractivity contribution is 7.99. The van der Waals surface area contributed by atoms with E-state index in [4.69, 9.17) is 0 Å². The molecule has 0 saturated heterocycles. The van der Waals surface area contributed by atoms with E-state index in [0.29, 0.717) is 10.8 Å². The minimum Gasteiger partial charge on any atom is -0.465 e. The number of nitrogens with one attached hydrogen (secondary N) is 2. The number of ether oxygens (including phenoxy) is 1. The number of benzene rings is 1. The Hall–Kier alpha value is -2.61. The summed E-state index contributed by atoms with van der Waals surface area (Å²) in [4.78, 5) is 41.1. The Morgan fingerprint density at radius 3 is 2.82 bits per heavy atom. The number of H-pyrrole nitrogens is 1. The molecule has 1 aromatic carbocycles. The smallest absolute Gasteiger partial charge is 0.339 e. The molecule has 0 radical (unpaired) electrons. The molecular weight excluding hydrogens is 306 g/mol. The first-order valence-electron chi connectivity index (χ1n) is 6.25. The van der Waals surface area contributed by atoms with Crippen molar-refractivity contribution in [1.82, 2.24) is 9.97 Å². The van der Waals surface area contributed by atoms with Crippen LogP contribution in [0.25, 0.3) is 0 Å². The van der Waals surface area contributed by atoms with Gasteiger partial charge in [-0.05, 0) is 12.1 Å². The molecule has 7 nitrogen and oxygen atoms in total. The molecule has 8 heteroatoms. The first-order valence-corrected chi connectivity index (χ1v) is 7.24. The lowest BCUT2D eigenvalue weighted by Gasteiger charge is -2.09. The van der Waals surface area contributed by atoms with Gasteiger partial charge in [0, 0.05) is 12.3 Å². The van der Waals surface area contributed by atoms with Gasteiger partial charge in [-0.25, -0.2) is 9.78 Å². The maximum atomic E-state index is 11.9. The number of para-hydroxylation sites is 1. The van der Waals surface area contributed by atoms with E-state index in [0.717, 1.165) is 11.8 Å². The average molecular weight is 319 g/mol. The standard InChI is InChI=1S/C14H13N3O4S/c1-21-13(20)9-4-2-3-5-10(9)16-12(19)8-22-14-15-7-6-11(18)17-14/h2-7H,8H2,1H3,(H,16,19)(H,15,17,18). The number of carbonyl (C=O) groups excluding carboxylic acids is 2. The predicted octanol–water partition coefficient (Wildman–Crippen LogP) is 1.29. The van der Waals surface area contributed by atoms with Crippen molar-refractivity contribution >= 4 is 29.3 Å². The number of carbonyl (C=O) groups is 2. The summed E-state index contributed by atoms with van der Waals surface area (Å²) in [6, 6.07) is 7.83. The van der Waals surface area contributed by atoms with Gasteiger partial charge in [-0.2, -0.15) is 0 Å². The molecular formula is C14H13N3O4S. The highest BCUT2D eigenvalue weighted by Crippen LogP contribution is 2.17. The highest BCUT2D eigenvalue weighted by Gasteiger charge is 2.13. The third kappa shape index (κ3) is 4.19. The van der Waals surface area contributed by atoms with Crippen LogP contribution in [0.4, 0.5) is 5.69 Å². The van der Waals surface area contributed by atoms with Crippen LogP contribution in [0.3, 0.4) is 0 Å². The molecule has 2 N–H and O–H groups in total. The Morgan fingerprint density at radius 1 is 1.32 bits per heavy atom. The van der Waals surface area contributed by atoms with Crippen LogP contribution in [-0.4, -0.2) is 34.7 Å². The molecule has 0 atom stereocenters. The number of rotatable bonds is 5. The normalized spacial score (nSPS) is 10.0. The lowest BCUT2D eigenvalue weighted by atomic mass is 10.2. The summed E-state index contributed by atoms with van der Waals surface area (Å²) >= 11 is 1.09. The summed E-state index contributed by atoms with van der Waals surface area (Å²) < 4.78 is 4.66. The van der Waals surface area contributed by atoms with Crippen LogP contribution >= 0.6 is 11.8 Å². The number of aromatic amines is 1. The Labute approximate surface area is 130 Å². The van der Waals surface area contributed by atoms with Gasteiger partial charge >= 0.3 is 5.97 Å². The van der Waals surface area contributed by atoms with Crippen molar-refractivity contribution in [2.24, 2.45) is 0 Å². The van der Waals surface area contributed by atoms with Gasteiger partial charge in [0.2, 0.25) is 5.91 Å². The fourth-order valence-electron chi connectivity index (χ4n) is 1.63. The molecule has 0 fully saturated rings. The van der Waals surface area contributed by atoms with Crippen molar-refractivity contribution in [1.29, 1.82) is 0 Å². The molecule has 1 aromatic heterocycles. The van der Waals surface area contributed by atoms with E-state index in [9.17, 15) is 14.4 Å². The van der Waals surface area contributed by atoms with Gasteiger partial charge in [0.05, 0.1) is 24.1 Å². The van der Waals surface area contributed by atoms with Gasteiger partial charge in [-0.3, -0.25) is 9.59 Å². The summed E-state index contributed by atoms with van der Waals surface area (Å²) in [5.41, 5.74) is 0.359. The number of amides is 1. The van der Waals surface area contributed by atoms with Crippen molar-refractivity contribution < 1.29 is 14.3 Å². The fraction of sp³-hybridized carbons (Fsp3) is 0.143. The van der Waals surface area contributed by atoms with Crippen molar-refractivity contribution in [2.75, 3.05) is 18.2 Å². The number of hydrogen-bond acceptors (Lipinski definition) is 6. The molecule has 0 spiro atoms. The number of hydrogen-bond donors (Lipinski definition) is 2. The van der Waals surface area contributed by atoms with E-state index in [1.54, 1.807) is 24.3 Å². The summed E-state index contributed by atoms with van der Waals surface area (Å²) in [6.45, 7) is 0. The average Bonchev–Trinajstić information content (AvgIpc) is 2.53. The van der Waals surface area contributed by atoms with E-state index in [-0.39, 0.29) is 22.8 Å². The summed E-state index contributed by atoms with van der Waals surface area (Å²) in [7, 11) is 1.27. The van der Waals surface area contributed by atoms with Gasteiger partial charge in [-0.1, -0.05) is 23.9 Å². The fourth-order valence-corrected chi connectivity index (χ4v) is 2.27. The zero-order valence-electron chi connectivity index (χ0n) is 11.7. The van der Waals surface area contributed by atoms with Gasteiger partial charge < -0.3 is 15.0 Å². The first-order chi connectivity index (χ1) is 10.6. The maximum Gasteiger partial charge on any atom is 0.339 e. The van der Waals surface area contributed by atoms with E-state index in [1.165, 1.54) is 19.4 Å². The second-order valence-corrected chi connectivity index (χ2v) is 5.08. The molecule has 0 unspecified atom stereocenters. The Kier molecular flexibility index (Phi) is 5.31. The second-order valence-electron chi connectivity index (χ2n) is 4.11. The zero-order chi connectivity index (χ0) is 15.9. The van der Waals surface area contributed by atoms with Crippen molar-refractivity contribution in [3.05, 3.63) is 52.4 Å². The molecule has 1 heterocycles. The topological polar surface area (TPSA) is 101 Å². The van der Waals surface area contributed by atoms with Gasteiger partial charge in [-0.15, -0.1) is 0 Å². The number of methoxy groups -OCH3 is 1. The molecule has 2 rings (SSSR count). The monoisotopic (exact) mass is 319 g/mol. The van der Waals surface area contributed by atoms with Crippen LogP contribution in [-0.2, 0) is 9.53 Å². The van der Waals surface area contributed by atoms with Crippen LogP contribution in [0.2, 0.25) is 0 Å². The molecule has 2 aromatic rings. The summed E-state index contributed by atoms with van der Waals surface area (Å²) in [5, 5.41) is 2.98. The maximum absolute atomic E-state index is 11.9. The van der Waals surface area contributed by atoms with Crippen LogP contribution < -0.4 is 10.9 Å². The number of esters is 1. The van der Waals surface area contributed by atoms with E-state index < -0.39 is 5.97 Å². The molecule has 0 saturated carbocycles. The third-order valence-corrected chi connectivity index (χ3v) is 3.48. The number of nitrogens with zero attached hydrogens (tertiary/aromatic N) is 1. The van der Waals surface area contributed by atoms with Crippen LogP contribution in [0.15, 0.2) is 46.5 Å². The van der Waals surface area contributed by atoms with Crippen molar-refractivity contribution in [3.8, 4) is 0 Å². The zero-order valence-corrected chi connectivity index (χ0v) is 12.5. The minimum atomic E-state index is -0.530. The largest absolute Gasteiger partial charge is 0.465 e. The molecule has 22 heavy (non-hydrogen) atoms. The predicted molar refractivity (Wildman–Crippen MR) is 82.0 cm³/mol. The summed E-state index contributed by atoms with van der Waals surface area (Å²) in [6.07, 6.45) is 1.37. The molecule has 1 amide bonds. The first kappa shape index (κ1) is 15.8. The quantitative estimate of drug-likeness (QED) is 0.489. The number of aromatic nitrogens is 2. The lowest BCUT2D eigenvalue weighted by Crippen LogP contribution is -2.17. The van der Waals surface area contributed by atoms with Gasteiger partial charge in [0.15, 0.2) is 5.16 Å². The number of thioether (sulfide) groups is 1. The Bertz CT molecular complexity index is 745. The third-order valence-electron chi connectivity index (χ3n) is 2.59. The molecule has 0 aliphatic rings. The van der Waals surface area contributed by atoms with Crippen molar-refractivity contribution in [2.45, 2.75) is 5.16 Å². The van der Waals surface area contributed by atoms with E-state index in [2.05, 4.69) is 20.0 Å². The van der Waals surface area contributed by atoms with E-state index >= 15 is 0 Å². The molecule has 0 aliphatic carbocycles. The van der Waals surface area contributed by atoms with Crippen LogP contribution in [0.5, 0.6) is 0 Å². The highest BCUT2D eigenvalue weighted by atomic mass is 32.2. The second kappa shape index (κ2) is 7.41. The number of anilines is 1. The van der Waals surface area contributed by atoms with Gasteiger partial charge in [0.1, 0.15) is 0 Å². The van der Waals surface area contributed by atoms with Gasteiger partial charge in [0.25, 0.3) is 5.56 Å². The summed E-state index contributed by atoms with van der Waals surface area (Å²) in [5.74, 6) is -0.812. The Morgan fingerprint density at radius 2 is 2.09 bits per heavy atom. The molecule has 114 valence electrons. The Balaban J connectivity index is 2.01. The van der Waals surface area contributed by atoms with Crippen molar-refractivity contribution in [3.63, 3.8) is 0 Å². The lowest BCUT2D eigenvalue weighted by molar-refractivity contribution is -0.113. The van der Waals surface area contributed by atoms with Crippen LogP contribution in [0, 0.1) is 0 Å². The minimum absolute atomic E-state index is 0.0441. The SMILES string of the molecule is COC(=O)c1ccccc1NC(=O)CSc1nccc(=O)[nH]1. The van der Waals surface area contributed by atoms with Crippen LogP contribution in [0.1, 0.15) is 10.4 Å². The molecule has 0 aliphatic heterocycles.